The fraction of sp³-hybridized carbons (Fsp3) is 0.389. The number of nitrogens with one attached hydrogen (secondary N) is 2. The Morgan fingerprint density at radius 3 is 2.72 bits per heavy atom. The zero-order valence-electron chi connectivity index (χ0n) is 16.2. The standard InChI is InChI=1S/C18H22N8O2.ClH/c1-13-22-23-24-26(13)15-12-14(4-5-16(15)28-2)21-17(27)18(6-9-19-10-7-18)25-11-3-8-20-25;/h3-5,8,11-12,19H,6-7,9-10H2,1-2H3,(H,21,27);1H. The van der Waals surface area contributed by atoms with E-state index in [0.717, 1.165) is 13.1 Å². The molecule has 0 saturated carbocycles. The molecule has 11 heteroatoms. The maximum absolute atomic E-state index is 13.3. The van der Waals surface area contributed by atoms with Gasteiger partial charge in [0.15, 0.2) is 5.82 Å². The van der Waals surface area contributed by atoms with E-state index in [1.807, 2.05) is 12.3 Å². The number of amides is 1. The van der Waals surface area contributed by atoms with Crippen molar-refractivity contribution >= 4 is 24.0 Å². The molecule has 0 aliphatic carbocycles. The summed E-state index contributed by atoms with van der Waals surface area (Å²) in [6.45, 7) is 3.31. The lowest BCUT2D eigenvalue weighted by Gasteiger charge is -2.36. The SMILES string of the molecule is COc1ccc(NC(=O)C2(n3cccn3)CCNCC2)cc1-n1nnnc1C.Cl. The van der Waals surface area contributed by atoms with Gasteiger partial charge in [0.1, 0.15) is 17.0 Å². The largest absolute Gasteiger partial charge is 0.494 e. The summed E-state index contributed by atoms with van der Waals surface area (Å²) in [5.74, 6) is 1.13. The highest BCUT2D eigenvalue weighted by molar-refractivity contribution is 5.97. The molecule has 3 aromatic rings. The average Bonchev–Trinajstić information content (AvgIpc) is 3.40. The number of rotatable bonds is 5. The molecule has 0 radical (unpaired) electrons. The van der Waals surface area contributed by atoms with E-state index in [-0.39, 0.29) is 18.3 Å². The third kappa shape index (κ3) is 3.81. The van der Waals surface area contributed by atoms with Crippen LogP contribution in [0.25, 0.3) is 5.69 Å². The van der Waals surface area contributed by atoms with E-state index in [9.17, 15) is 4.79 Å². The summed E-state index contributed by atoms with van der Waals surface area (Å²) in [6, 6.07) is 7.23. The summed E-state index contributed by atoms with van der Waals surface area (Å²) >= 11 is 0. The second-order valence-corrected chi connectivity index (χ2v) is 6.71. The minimum absolute atomic E-state index is 0. The van der Waals surface area contributed by atoms with E-state index in [0.29, 0.717) is 35.8 Å². The Bertz CT molecular complexity index is 966. The summed E-state index contributed by atoms with van der Waals surface area (Å²) in [6.07, 6.45) is 4.86. The zero-order valence-corrected chi connectivity index (χ0v) is 17.0. The van der Waals surface area contributed by atoms with E-state index in [4.69, 9.17) is 4.74 Å². The number of carbonyl (C=O) groups excluding carboxylic acids is 1. The smallest absolute Gasteiger partial charge is 0.252 e. The third-order valence-corrected chi connectivity index (χ3v) is 5.09. The van der Waals surface area contributed by atoms with Crippen molar-refractivity contribution in [2.45, 2.75) is 25.3 Å². The number of halogens is 1. The van der Waals surface area contributed by atoms with Crippen molar-refractivity contribution in [2.75, 3.05) is 25.5 Å². The van der Waals surface area contributed by atoms with Gasteiger partial charge in [-0.05, 0) is 67.5 Å². The van der Waals surface area contributed by atoms with Crippen LogP contribution >= 0.6 is 12.4 Å². The lowest BCUT2D eigenvalue weighted by molar-refractivity contribution is -0.126. The molecule has 1 saturated heterocycles. The van der Waals surface area contributed by atoms with Gasteiger partial charge >= 0.3 is 0 Å². The summed E-state index contributed by atoms with van der Waals surface area (Å²) < 4.78 is 8.76. The highest BCUT2D eigenvalue weighted by Gasteiger charge is 2.42. The normalized spacial score (nSPS) is 15.4. The summed E-state index contributed by atoms with van der Waals surface area (Å²) in [7, 11) is 1.58. The van der Waals surface area contributed by atoms with Crippen molar-refractivity contribution < 1.29 is 9.53 Å². The van der Waals surface area contributed by atoms with Crippen LogP contribution in [0.5, 0.6) is 5.75 Å². The number of ether oxygens (including phenoxy) is 1. The second kappa shape index (κ2) is 8.58. The predicted molar refractivity (Wildman–Crippen MR) is 109 cm³/mol. The van der Waals surface area contributed by atoms with Crippen molar-refractivity contribution in [2.24, 2.45) is 0 Å². The fourth-order valence-corrected chi connectivity index (χ4v) is 3.56. The molecule has 2 aromatic heterocycles. The minimum atomic E-state index is -0.723. The van der Waals surface area contributed by atoms with Crippen LogP contribution in [-0.4, -0.2) is 56.1 Å². The molecule has 2 N–H and O–H groups in total. The Labute approximate surface area is 174 Å². The molecule has 154 valence electrons. The first-order valence-electron chi connectivity index (χ1n) is 9.10. The van der Waals surface area contributed by atoms with Gasteiger partial charge in [0.25, 0.3) is 5.91 Å². The van der Waals surface area contributed by atoms with E-state index >= 15 is 0 Å². The van der Waals surface area contributed by atoms with Crippen molar-refractivity contribution in [1.82, 2.24) is 35.3 Å². The summed E-state index contributed by atoms with van der Waals surface area (Å²) in [5.41, 5.74) is 0.571. The first kappa shape index (κ1) is 20.7. The van der Waals surface area contributed by atoms with Crippen LogP contribution in [-0.2, 0) is 10.3 Å². The highest BCUT2D eigenvalue weighted by Crippen LogP contribution is 2.31. The van der Waals surface area contributed by atoms with E-state index in [1.54, 1.807) is 47.8 Å². The number of tetrazole rings is 1. The number of anilines is 1. The van der Waals surface area contributed by atoms with Crippen LogP contribution in [0.1, 0.15) is 18.7 Å². The topological polar surface area (TPSA) is 112 Å². The van der Waals surface area contributed by atoms with Crippen LogP contribution in [0.4, 0.5) is 5.69 Å². The highest BCUT2D eigenvalue weighted by atomic mass is 35.5. The molecule has 0 unspecified atom stereocenters. The molecule has 0 atom stereocenters. The van der Waals surface area contributed by atoms with Gasteiger partial charge in [0.05, 0.1) is 7.11 Å². The Hall–Kier alpha value is -2.98. The Morgan fingerprint density at radius 1 is 1.31 bits per heavy atom. The molecular formula is C18H23ClN8O2. The molecule has 0 bridgehead atoms. The number of piperidine rings is 1. The number of benzene rings is 1. The predicted octanol–water partition coefficient (Wildman–Crippen LogP) is 1.32. The maximum atomic E-state index is 13.3. The molecule has 1 aliphatic heterocycles. The van der Waals surface area contributed by atoms with Gasteiger partial charge in [-0.25, -0.2) is 0 Å². The van der Waals surface area contributed by atoms with Crippen LogP contribution in [0.3, 0.4) is 0 Å². The molecule has 0 spiro atoms. The van der Waals surface area contributed by atoms with E-state index in [1.165, 1.54) is 0 Å². The van der Waals surface area contributed by atoms with Gasteiger partial charge in [-0.1, -0.05) is 0 Å². The number of aryl methyl sites for hydroxylation is 1. The zero-order chi connectivity index (χ0) is 19.6. The van der Waals surface area contributed by atoms with Crippen molar-refractivity contribution in [1.29, 1.82) is 0 Å². The molecule has 10 nitrogen and oxygen atoms in total. The number of methoxy groups -OCH3 is 1. The second-order valence-electron chi connectivity index (χ2n) is 6.71. The van der Waals surface area contributed by atoms with Gasteiger partial charge in [-0.3, -0.25) is 9.48 Å². The molecule has 1 fully saturated rings. The quantitative estimate of drug-likeness (QED) is 0.642. The van der Waals surface area contributed by atoms with Crippen LogP contribution in [0.15, 0.2) is 36.7 Å². The lowest BCUT2D eigenvalue weighted by Crippen LogP contribution is -2.52. The molecule has 3 heterocycles. The molecule has 1 amide bonds. The summed E-state index contributed by atoms with van der Waals surface area (Å²) in [5, 5.41) is 22.3. The molecule has 1 aromatic carbocycles. The molecule has 29 heavy (non-hydrogen) atoms. The van der Waals surface area contributed by atoms with Gasteiger partial charge in [0.2, 0.25) is 0 Å². The average molecular weight is 419 g/mol. The van der Waals surface area contributed by atoms with Gasteiger partial charge in [-0.15, -0.1) is 17.5 Å². The third-order valence-electron chi connectivity index (χ3n) is 5.09. The van der Waals surface area contributed by atoms with E-state index < -0.39 is 5.54 Å². The Kier molecular flexibility index (Phi) is 6.14. The Morgan fingerprint density at radius 2 is 2.10 bits per heavy atom. The van der Waals surface area contributed by atoms with Gasteiger partial charge < -0.3 is 15.4 Å². The molecule has 4 rings (SSSR count). The lowest BCUT2D eigenvalue weighted by atomic mass is 9.87. The van der Waals surface area contributed by atoms with Crippen LogP contribution < -0.4 is 15.4 Å². The fourth-order valence-electron chi connectivity index (χ4n) is 3.56. The van der Waals surface area contributed by atoms with Crippen molar-refractivity contribution in [3.8, 4) is 11.4 Å². The monoisotopic (exact) mass is 418 g/mol. The number of hydrogen-bond donors (Lipinski definition) is 2. The van der Waals surface area contributed by atoms with E-state index in [2.05, 4.69) is 31.3 Å². The molecular weight excluding hydrogens is 396 g/mol. The van der Waals surface area contributed by atoms with Crippen molar-refractivity contribution in [3.05, 3.63) is 42.5 Å². The summed E-state index contributed by atoms with van der Waals surface area (Å²) in [4.78, 5) is 13.3. The van der Waals surface area contributed by atoms with Crippen molar-refractivity contribution in [3.63, 3.8) is 0 Å². The van der Waals surface area contributed by atoms with Crippen LogP contribution in [0, 0.1) is 6.92 Å². The van der Waals surface area contributed by atoms with Gasteiger partial charge in [0, 0.05) is 18.1 Å². The maximum Gasteiger partial charge on any atom is 0.252 e. The van der Waals surface area contributed by atoms with Gasteiger partial charge in [-0.2, -0.15) is 9.78 Å². The number of carbonyl (C=O) groups is 1. The molecule has 1 aliphatic rings. The number of aromatic nitrogens is 6. The number of nitrogens with zero attached hydrogens (tertiary/aromatic N) is 6. The minimum Gasteiger partial charge on any atom is -0.494 e. The Balaban J connectivity index is 0.00000240. The first-order valence-corrected chi connectivity index (χ1v) is 9.10. The first-order chi connectivity index (χ1) is 13.6. The number of hydrogen-bond acceptors (Lipinski definition) is 7. The van der Waals surface area contributed by atoms with Crippen LogP contribution in [0.2, 0.25) is 0 Å².